The number of aromatic nitrogens is 1. The van der Waals surface area contributed by atoms with E-state index in [1.807, 2.05) is 24.5 Å². The quantitative estimate of drug-likeness (QED) is 0.723. The monoisotopic (exact) mass is 204 g/mol. The summed E-state index contributed by atoms with van der Waals surface area (Å²) in [5, 5.41) is 3.46. The van der Waals surface area contributed by atoms with Crippen molar-refractivity contribution in [2.24, 2.45) is 0 Å². The van der Waals surface area contributed by atoms with Gasteiger partial charge in [0.2, 0.25) is 5.84 Å². The first kappa shape index (κ1) is 10.1. The molecular formula is C12H18N3+. The van der Waals surface area contributed by atoms with Gasteiger partial charge in [0, 0.05) is 18.8 Å². The largest absolute Gasteiger partial charge is 0.279 e. The van der Waals surface area contributed by atoms with Crippen LogP contribution in [0.25, 0.3) is 0 Å². The van der Waals surface area contributed by atoms with Crippen LogP contribution in [-0.2, 0) is 6.54 Å². The van der Waals surface area contributed by atoms with Crippen LogP contribution < -0.4 is 10.3 Å². The van der Waals surface area contributed by atoms with Gasteiger partial charge in [-0.25, -0.2) is 0 Å². The van der Waals surface area contributed by atoms with Gasteiger partial charge in [0.15, 0.2) is 0 Å². The van der Waals surface area contributed by atoms with Gasteiger partial charge in [0.1, 0.15) is 6.54 Å². The van der Waals surface area contributed by atoms with Crippen LogP contribution in [0.3, 0.4) is 0 Å². The summed E-state index contributed by atoms with van der Waals surface area (Å²) in [4.78, 5) is 7.45. The van der Waals surface area contributed by atoms with Gasteiger partial charge in [-0.15, -0.1) is 0 Å². The predicted octanol–water partition coefficient (Wildman–Crippen LogP) is 0.224. The van der Waals surface area contributed by atoms with E-state index in [0.29, 0.717) is 0 Å². The van der Waals surface area contributed by atoms with E-state index in [1.54, 1.807) is 0 Å². The second-order valence-corrected chi connectivity index (χ2v) is 3.93. The van der Waals surface area contributed by atoms with Gasteiger partial charge in [0.25, 0.3) is 0 Å². The van der Waals surface area contributed by atoms with Gasteiger partial charge in [-0.1, -0.05) is 0 Å². The number of nitrogens with one attached hydrogen (secondary N) is 2. The molecule has 0 saturated carbocycles. The fraction of sp³-hybridized carbons (Fsp3) is 0.500. The molecular weight excluding hydrogens is 186 g/mol. The molecule has 0 amide bonds. The van der Waals surface area contributed by atoms with Crippen LogP contribution in [0.2, 0.25) is 0 Å². The molecule has 2 heterocycles. The fourth-order valence-electron chi connectivity index (χ4n) is 1.79. The number of nitrogens with zero attached hydrogens (tertiary/aromatic N) is 1. The Kier molecular flexibility index (Phi) is 3.71. The van der Waals surface area contributed by atoms with Crippen molar-refractivity contribution in [3.63, 3.8) is 0 Å². The standard InChI is InChI=1S/C12H17N3/c1-2-4-12(14-7-3-1)15-10-11-5-8-13-9-6-11/h5-6,8-9H,1-4,7,10H2,(H,14,15)/p+1. The van der Waals surface area contributed by atoms with E-state index in [9.17, 15) is 0 Å². The van der Waals surface area contributed by atoms with Crippen molar-refractivity contribution < 1.29 is 4.99 Å². The van der Waals surface area contributed by atoms with Gasteiger partial charge < -0.3 is 0 Å². The first-order valence-electron chi connectivity index (χ1n) is 5.67. The Hall–Kier alpha value is -1.38. The van der Waals surface area contributed by atoms with Crippen LogP contribution in [0.4, 0.5) is 0 Å². The third-order valence-corrected chi connectivity index (χ3v) is 2.70. The topological polar surface area (TPSA) is 38.9 Å². The normalized spacial score (nSPS) is 16.7. The highest BCUT2D eigenvalue weighted by Gasteiger charge is 2.08. The molecule has 0 atom stereocenters. The van der Waals surface area contributed by atoms with Crippen LogP contribution >= 0.6 is 0 Å². The second kappa shape index (κ2) is 5.49. The Bertz CT molecular complexity index is 319. The van der Waals surface area contributed by atoms with Crippen molar-refractivity contribution in [1.29, 1.82) is 0 Å². The summed E-state index contributed by atoms with van der Waals surface area (Å²) in [7, 11) is 0. The lowest BCUT2D eigenvalue weighted by Gasteiger charge is -2.01. The lowest BCUT2D eigenvalue weighted by atomic mass is 10.2. The maximum atomic E-state index is 4.00. The van der Waals surface area contributed by atoms with Crippen molar-refractivity contribution in [1.82, 2.24) is 10.3 Å². The van der Waals surface area contributed by atoms with E-state index in [4.69, 9.17) is 0 Å². The van der Waals surface area contributed by atoms with Crippen LogP contribution in [0.5, 0.6) is 0 Å². The van der Waals surface area contributed by atoms with E-state index in [2.05, 4.69) is 15.3 Å². The Morgan fingerprint density at radius 1 is 1.20 bits per heavy atom. The minimum atomic E-state index is 0.894. The highest BCUT2D eigenvalue weighted by atomic mass is 15.0. The van der Waals surface area contributed by atoms with Crippen molar-refractivity contribution in [2.75, 3.05) is 6.54 Å². The summed E-state index contributed by atoms with van der Waals surface area (Å²) in [5.41, 5.74) is 1.28. The molecule has 0 bridgehead atoms. The Labute approximate surface area is 90.6 Å². The van der Waals surface area contributed by atoms with E-state index >= 15 is 0 Å². The third-order valence-electron chi connectivity index (χ3n) is 2.70. The molecule has 0 unspecified atom stereocenters. The highest BCUT2D eigenvalue weighted by molar-refractivity contribution is 5.76. The summed E-state index contributed by atoms with van der Waals surface area (Å²) in [6, 6.07) is 4.09. The lowest BCUT2D eigenvalue weighted by Crippen LogP contribution is -2.75. The van der Waals surface area contributed by atoms with Crippen molar-refractivity contribution in [2.45, 2.75) is 32.2 Å². The molecule has 2 N–H and O–H groups in total. The zero-order chi connectivity index (χ0) is 10.3. The van der Waals surface area contributed by atoms with E-state index in [0.717, 1.165) is 19.5 Å². The fourth-order valence-corrected chi connectivity index (χ4v) is 1.79. The number of rotatable bonds is 2. The minimum Gasteiger partial charge on any atom is -0.279 e. The van der Waals surface area contributed by atoms with E-state index < -0.39 is 0 Å². The number of pyridine rings is 1. The maximum Gasteiger partial charge on any atom is 0.242 e. The average molecular weight is 204 g/mol. The zero-order valence-corrected chi connectivity index (χ0v) is 9.00. The minimum absolute atomic E-state index is 0.894. The lowest BCUT2D eigenvalue weighted by molar-refractivity contribution is -0.459. The van der Waals surface area contributed by atoms with Gasteiger partial charge in [-0.2, -0.15) is 0 Å². The maximum absolute atomic E-state index is 4.00. The molecule has 0 fully saturated rings. The summed E-state index contributed by atoms with van der Waals surface area (Å²) in [6.07, 6.45) is 8.76. The molecule has 1 aliphatic rings. The molecule has 1 aliphatic heterocycles. The molecule has 15 heavy (non-hydrogen) atoms. The van der Waals surface area contributed by atoms with Gasteiger partial charge in [-0.05, 0) is 37.0 Å². The van der Waals surface area contributed by atoms with E-state index in [-0.39, 0.29) is 0 Å². The third kappa shape index (κ3) is 3.35. The van der Waals surface area contributed by atoms with Crippen LogP contribution in [0.15, 0.2) is 24.5 Å². The molecule has 0 spiro atoms. The predicted molar refractivity (Wildman–Crippen MR) is 60.4 cm³/mol. The zero-order valence-electron chi connectivity index (χ0n) is 9.00. The van der Waals surface area contributed by atoms with Crippen molar-refractivity contribution >= 4 is 5.84 Å². The smallest absolute Gasteiger partial charge is 0.242 e. The molecule has 80 valence electrons. The summed E-state index contributed by atoms with van der Waals surface area (Å²) >= 11 is 0. The first-order chi connectivity index (χ1) is 7.45. The molecule has 3 heteroatoms. The molecule has 0 aromatic carbocycles. The van der Waals surface area contributed by atoms with Crippen LogP contribution in [-0.4, -0.2) is 17.4 Å². The summed E-state index contributed by atoms with van der Waals surface area (Å²) in [5.74, 6) is 1.30. The molecule has 3 nitrogen and oxygen atoms in total. The van der Waals surface area contributed by atoms with Crippen molar-refractivity contribution in [3.05, 3.63) is 30.1 Å². The SMILES string of the molecule is c1cc(CNC2=[NH+]CCCCC2)ccn1. The molecule has 2 rings (SSSR count). The van der Waals surface area contributed by atoms with Gasteiger partial charge >= 0.3 is 0 Å². The van der Waals surface area contributed by atoms with Crippen LogP contribution in [0.1, 0.15) is 31.2 Å². The molecule has 0 saturated heterocycles. The van der Waals surface area contributed by atoms with Crippen LogP contribution in [0, 0.1) is 0 Å². The first-order valence-corrected chi connectivity index (χ1v) is 5.67. The molecule has 0 radical (unpaired) electrons. The van der Waals surface area contributed by atoms with Gasteiger partial charge in [-0.3, -0.25) is 15.3 Å². The highest BCUT2D eigenvalue weighted by Crippen LogP contribution is 2.00. The number of hydrogen-bond donors (Lipinski definition) is 2. The Morgan fingerprint density at radius 3 is 2.93 bits per heavy atom. The Balaban J connectivity index is 1.84. The molecule has 0 aliphatic carbocycles. The summed E-state index contributed by atoms with van der Waals surface area (Å²) < 4.78 is 0. The second-order valence-electron chi connectivity index (χ2n) is 3.93. The average Bonchev–Trinajstić information content (AvgIpc) is 2.56. The molecule has 1 aromatic heterocycles. The Morgan fingerprint density at radius 2 is 2.07 bits per heavy atom. The molecule has 1 aromatic rings. The van der Waals surface area contributed by atoms with Crippen molar-refractivity contribution in [3.8, 4) is 0 Å². The van der Waals surface area contributed by atoms with E-state index in [1.165, 1.54) is 30.7 Å². The van der Waals surface area contributed by atoms with Gasteiger partial charge in [0.05, 0.1) is 6.54 Å². The number of amidine groups is 1. The summed E-state index contributed by atoms with van der Waals surface area (Å²) in [6.45, 7) is 2.00. The number of hydrogen-bond acceptors (Lipinski definition) is 2.